The zero-order valence-electron chi connectivity index (χ0n) is 17.4. The topological polar surface area (TPSA) is 89.7 Å². The Morgan fingerprint density at radius 2 is 1.76 bits per heavy atom. The van der Waals surface area contributed by atoms with E-state index < -0.39 is 21.9 Å². The molecule has 1 fully saturated rings. The third-order valence-corrected chi connectivity index (χ3v) is 6.24. The van der Waals surface area contributed by atoms with E-state index in [1.807, 2.05) is 0 Å². The first-order valence-electron chi connectivity index (χ1n) is 9.96. The van der Waals surface area contributed by atoms with Gasteiger partial charge in [-0.15, -0.1) is 0 Å². The van der Waals surface area contributed by atoms with E-state index in [0.717, 1.165) is 22.2 Å². The lowest BCUT2D eigenvalue weighted by Crippen LogP contribution is -2.28. The van der Waals surface area contributed by atoms with Crippen LogP contribution in [0.5, 0.6) is 5.75 Å². The molecule has 3 aromatic rings. The first-order chi connectivity index (χ1) is 16.3. The molecule has 1 aliphatic rings. The average molecular weight is 499 g/mol. The van der Waals surface area contributed by atoms with Crippen LogP contribution in [0, 0.1) is 15.9 Å². The van der Waals surface area contributed by atoms with E-state index in [4.69, 9.17) is 16.3 Å². The van der Waals surface area contributed by atoms with Gasteiger partial charge in [0, 0.05) is 22.7 Å². The van der Waals surface area contributed by atoms with E-state index in [-0.39, 0.29) is 34.3 Å². The molecule has 0 atom stereocenters. The van der Waals surface area contributed by atoms with Crippen LogP contribution in [0.15, 0.2) is 71.6 Å². The van der Waals surface area contributed by atoms with Gasteiger partial charge in [0.15, 0.2) is 0 Å². The number of non-ortho nitro benzene ring substituents is 1. The van der Waals surface area contributed by atoms with Crippen molar-refractivity contribution in [2.24, 2.45) is 0 Å². The van der Waals surface area contributed by atoms with Gasteiger partial charge in [0.1, 0.15) is 18.2 Å². The predicted octanol–water partition coefficient (Wildman–Crippen LogP) is 6.20. The van der Waals surface area contributed by atoms with Gasteiger partial charge in [-0.1, -0.05) is 29.8 Å². The van der Waals surface area contributed by atoms with E-state index in [1.165, 1.54) is 30.3 Å². The van der Waals surface area contributed by atoms with E-state index in [9.17, 15) is 24.1 Å². The van der Waals surface area contributed by atoms with Crippen molar-refractivity contribution in [2.45, 2.75) is 13.2 Å². The van der Waals surface area contributed by atoms with Crippen molar-refractivity contribution in [3.8, 4) is 5.75 Å². The van der Waals surface area contributed by atoms with E-state index >= 15 is 0 Å². The summed E-state index contributed by atoms with van der Waals surface area (Å²) in [4.78, 5) is 36.5. The zero-order chi connectivity index (χ0) is 24.2. The van der Waals surface area contributed by atoms with Crippen LogP contribution in [0.4, 0.5) is 14.9 Å². The molecule has 0 aromatic heterocycles. The molecule has 0 saturated carbocycles. The van der Waals surface area contributed by atoms with Crippen LogP contribution in [-0.2, 0) is 17.9 Å². The Hall–Kier alpha value is -3.69. The number of rotatable bonds is 7. The Morgan fingerprint density at radius 1 is 1.06 bits per heavy atom. The summed E-state index contributed by atoms with van der Waals surface area (Å²) in [5, 5.41) is 10.4. The Bertz CT molecular complexity index is 1280. The van der Waals surface area contributed by atoms with Crippen molar-refractivity contribution < 1.29 is 23.6 Å². The Morgan fingerprint density at radius 3 is 2.41 bits per heavy atom. The zero-order valence-corrected chi connectivity index (χ0v) is 19.0. The number of benzene rings is 3. The Labute approximate surface area is 202 Å². The monoisotopic (exact) mass is 498 g/mol. The molecule has 3 aromatic carbocycles. The molecule has 0 spiro atoms. The predicted molar refractivity (Wildman–Crippen MR) is 127 cm³/mol. The molecule has 0 N–H and O–H groups in total. The molecule has 0 bridgehead atoms. The van der Waals surface area contributed by atoms with Crippen molar-refractivity contribution in [1.29, 1.82) is 0 Å². The highest BCUT2D eigenvalue weighted by Gasteiger charge is 2.35. The van der Waals surface area contributed by atoms with Gasteiger partial charge in [-0.3, -0.25) is 24.6 Å². The first-order valence-corrected chi connectivity index (χ1v) is 11.2. The first kappa shape index (κ1) is 23.5. The van der Waals surface area contributed by atoms with Crippen molar-refractivity contribution in [1.82, 2.24) is 4.90 Å². The lowest BCUT2D eigenvalue weighted by molar-refractivity contribution is -0.384. The lowest BCUT2D eigenvalue weighted by atomic mass is 10.2. The Balaban J connectivity index is 1.40. The fourth-order valence-corrected chi connectivity index (χ4v) is 4.23. The maximum Gasteiger partial charge on any atom is 0.293 e. The van der Waals surface area contributed by atoms with Crippen molar-refractivity contribution in [3.63, 3.8) is 0 Å². The second-order valence-corrected chi connectivity index (χ2v) is 8.65. The normalized spacial score (nSPS) is 14.6. The molecule has 34 heavy (non-hydrogen) atoms. The highest BCUT2D eigenvalue weighted by molar-refractivity contribution is 8.18. The van der Waals surface area contributed by atoms with Crippen LogP contribution in [0.25, 0.3) is 6.08 Å². The Kier molecular flexibility index (Phi) is 6.95. The van der Waals surface area contributed by atoms with Crippen molar-refractivity contribution >= 4 is 46.3 Å². The minimum atomic E-state index is -0.583. The summed E-state index contributed by atoms with van der Waals surface area (Å²) in [6, 6.07) is 17.1. The maximum atomic E-state index is 14.1. The highest BCUT2D eigenvalue weighted by Crippen LogP contribution is 2.34. The molecule has 4 rings (SSSR count). The summed E-state index contributed by atoms with van der Waals surface area (Å²) in [5.41, 5.74) is 1.55. The standard InChI is InChI=1S/C24H16ClFN2O5S/c25-20-2-1-3-21(26)19(20)13-27-23(29)22(34-24(27)30)12-15-6-10-18(11-7-15)33-14-16-4-8-17(9-5-16)28(31)32/h1-12H,13-14H2/b22-12-. The molecule has 0 radical (unpaired) electrons. The summed E-state index contributed by atoms with van der Waals surface area (Å²) in [6.07, 6.45) is 1.58. The number of halogens is 2. The van der Waals surface area contributed by atoms with Crippen LogP contribution >= 0.6 is 23.4 Å². The molecule has 1 aliphatic heterocycles. The molecule has 0 aliphatic carbocycles. The average Bonchev–Trinajstić information content (AvgIpc) is 3.08. The van der Waals surface area contributed by atoms with Gasteiger partial charge >= 0.3 is 0 Å². The third kappa shape index (κ3) is 5.27. The summed E-state index contributed by atoms with van der Waals surface area (Å²) in [5.74, 6) is -0.537. The molecule has 2 amide bonds. The van der Waals surface area contributed by atoms with Gasteiger partial charge in [0.05, 0.1) is 16.4 Å². The van der Waals surface area contributed by atoms with Gasteiger partial charge in [-0.05, 0) is 65.4 Å². The van der Waals surface area contributed by atoms with Crippen LogP contribution in [0.1, 0.15) is 16.7 Å². The van der Waals surface area contributed by atoms with Crippen molar-refractivity contribution in [3.05, 3.63) is 109 Å². The second kappa shape index (κ2) is 10.1. The number of nitro benzene ring substituents is 1. The van der Waals surface area contributed by atoms with Gasteiger partial charge in [0.25, 0.3) is 16.8 Å². The number of carbonyl (C=O) groups is 2. The van der Waals surface area contributed by atoms with Gasteiger partial charge in [-0.2, -0.15) is 0 Å². The molecule has 7 nitrogen and oxygen atoms in total. The summed E-state index contributed by atoms with van der Waals surface area (Å²) in [6.45, 7) is -0.0161. The molecule has 172 valence electrons. The lowest BCUT2D eigenvalue weighted by Gasteiger charge is -2.14. The van der Waals surface area contributed by atoms with Crippen LogP contribution in [0.3, 0.4) is 0 Å². The quantitative estimate of drug-likeness (QED) is 0.219. The van der Waals surface area contributed by atoms with Gasteiger partial charge in [-0.25, -0.2) is 4.39 Å². The summed E-state index contributed by atoms with van der Waals surface area (Å²) < 4.78 is 19.8. The second-order valence-electron chi connectivity index (χ2n) is 7.25. The maximum absolute atomic E-state index is 14.1. The molecule has 1 saturated heterocycles. The SMILES string of the molecule is O=C1S/C(=C\c2ccc(OCc3ccc([N+](=O)[O-])cc3)cc2)C(=O)N1Cc1c(F)cccc1Cl. The van der Waals surface area contributed by atoms with E-state index in [2.05, 4.69) is 0 Å². The number of nitrogens with zero attached hydrogens (tertiary/aromatic N) is 2. The van der Waals surface area contributed by atoms with Crippen LogP contribution in [-0.4, -0.2) is 21.0 Å². The fourth-order valence-electron chi connectivity index (χ4n) is 3.17. The number of nitro groups is 1. The minimum absolute atomic E-state index is 0.00881. The molecular formula is C24H16ClFN2O5S. The number of amides is 2. The van der Waals surface area contributed by atoms with Crippen LogP contribution in [0.2, 0.25) is 5.02 Å². The largest absolute Gasteiger partial charge is 0.489 e. The highest BCUT2D eigenvalue weighted by atomic mass is 35.5. The van der Waals surface area contributed by atoms with Gasteiger partial charge in [0.2, 0.25) is 0 Å². The van der Waals surface area contributed by atoms with Crippen molar-refractivity contribution in [2.75, 3.05) is 0 Å². The number of hydrogen-bond acceptors (Lipinski definition) is 6. The summed E-state index contributed by atoms with van der Waals surface area (Å²) >= 11 is 6.80. The summed E-state index contributed by atoms with van der Waals surface area (Å²) in [7, 11) is 0. The minimum Gasteiger partial charge on any atom is -0.489 e. The van der Waals surface area contributed by atoms with Gasteiger partial charge < -0.3 is 4.74 Å². The molecule has 10 heteroatoms. The third-order valence-electron chi connectivity index (χ3n) is 4.98. The van der Waals surface area contributed by atoms with E-state index in [0.29, 0.717) is 11.3 Å². The number of thioether (sulfide) groups is 1. The number of carbonyl (C=O) groups excluding carboxylic acids is 2. The number of hydrogen-bond donors (Lipinski definition) is 0. The number of imide groups is 1. The fraction of sp³-hybridized carbons (Fsp3) is 0.0833. The van der Waals surface area contributed by atoms with Crippen LogP contribution < -0.4 is 4.74 Å². The smallest absolute Gasteiger partial charge is 0.293 e. The molecule has 1 heterocycles. The number of ether oxygens (including phenoxy) is 1. The van der Waals surface area contributed by atoms with E-state index in [1.54, 1.807) is 42.5 Å². The molecular weight excluding hydrogens is 483 g/mol. The molecule has 0 unspecified atom stereocenters.